The van der Waals surface area contributed by atoms with Crippen LogP contribution in [0.5, 0.6) is 0 Å². The van der Waals surface area contributed by atoms with E-state index in [-0.39, 0.29) is 22.3 Å². The van der Waals surface area contributed by atoms with Gasteiger partial charge < -0.3 is 5.11 Å². The van der Waals surface area contributed by atoms with Gasteiger partial charge in [0.25, 0.3) is 0 Å². The van der Waals surface area contributed by atoms with E-state index in [0.717, 1.165) is 10.4 Å². The van der Waals surface area contributed by atoms with E-state index in [0.29, 0.717) is 6.42 Å². The first-order chi connectivity index (χ1) is 8.84. The molecule has 1 N–H and O–H groups in total. The summed E-state index contributed by atoms with van der Waals surface area (Å²) in [6, 6.07) is 2.35. The zero-order chi connectivity index (χ0) is 14.2. The molecular weight excluding hydrogens is 341 g/mol. The lowest BCUT2D eigenvalue weighted by Gasteiger charge is -2.21. The number of benzene rings is 1. The van der Waals surface area contributed by atoms with E-state index < -0.39 is 27.9 Å². The highest BCUT2D eigenvalue weighted by molar-refractivity contribution is 9.10. The van der Waals surface area contributed by atoms with Crippen molar-refractivity contribution in [3.63, 3.8) is 0 Å². The second kappa shape index (κ2) is 5.18. The van der Waals surface area contributed by atoms with E-state index in [1.807, 2.05) is 0 Å². The van der Waals surface area contributed by atoms with Crippen molar-refractivity contribution >= 4 is 31.9 Å². The van der Waals surface area contributed by atoms with Crippen molar-refractivity contribution in [1.29, 1.82) is 0 Å². The third-order valence-electron chi connectivity index (χ3n) is 2.99. The SMILES string of the molecule is O=C(O)[C@@H]1CCCN1S(=O)(=O)c1ccc(Br)c(F)c1. The molecule has 0 spiro atoms. The smallest absolute Gasteiger partial charge is 0.322 e. The van der Waals surface area contributed by atoms with Crippen LogP contribution in [0.25, 0.3) is 0 Å². The molecule has 0 bridgehead atoms. The molecule has 1 atom stereocenters. The monoisotopic (exact) mass is 351 g/mol. The quantitative estimate of drug-likeness (QED) is 0.901. The number of sulfonamides is 1. The molecule has 104 valence electrons. The van der Waals surface area contributed by atoms with Crippen molar-refractivity contribution in [2.75, 3.05) is 6.54 Å². The first-order valence-corrected chi connectivity index (χ1v) is 7.77. The molecule has 1 aliphatic heterocycles. The van der Waals surface area contributed by atoms with Crippen molar-refractivity contribution in [2.24, 2.45) is 0 Å². The summed E-state index contributed by atoms with van der Waals surface area (Å²) >= 11 is 2.94. The molecule has 19 heavy (non-hydrogen) atoms. The molecule has 8 heteroatoms. The Kier molecular flexibility index (Phi) is 3.93. The standard InChI is InChI=1S/C11H11BrFNO4S/c12-8-4-3-7(6-9(8)13)19(17,18)14-5-1-2-10(14)11(15)16/h3-4,6,10H,1-2,5H2,(H,15,16)/t10-/m0/s1. The summed E-state index contributed by atoms with van der Waals surface area (Å²) in [6.07, 6.45) is 0.753. The van der Waals surface area contributed by atoms with Gasteiger partial charge in [-0.1, -0.05) is 0 Å². The molecule has 1 heterocycles. The van der Waals surface area contributed by atoms with Gasteiger partial charge in [-0.2, -0.15) is 4.31 Å². The minimum atomic E-state index is -3.98. The first kappa shape index (κ1) is 14.4. The number of nitrogens with zero attached hydrogens (tertiary/aromatic N) is 1. The summed E-state index contributed by atoms with van der Waals surface area (Å²) in [5.74, 6) is -1.88. The highest BCUT2D eigenvalue weighted by Crippen LogP contribution is 2.28. The maximum Gasteiger partial charge on any atom is 0.322 e. The van der Waals surface area contributed by atoms with Crippen LogP contribution in [0.1, 0.15) is 12.8 Å². The van der Waals surface area contributed by atoms with E-state index in [2.05, 4.69) is 15.9 Å². The van der Waals surface area contributed by atoms with E-state index in [9.17, 15) is 17.6 Å². The van der Waals surface area contributed by atoms with Gasteiger partial charge in [-0.05, 0) is 47.0 Å². The minimum absolute atomic E-state index is 0.136. The minimum Gasteiger partial charge on any atom is -0.480 e. The van der Waals surface area contributed by atoms with Gasteiger partial charge in [-0.15, -0.1) is 0 Å². The Morgan fingerprint density at radius 2 is 2.16 bits per heavy atom. The number of hydrogen-bond donors (Lipinski definition) is 1. The predicted molar refractivity (Wildman–Crippen MR) is 68.6 cm³/mol. The number of halogens is 2. The molecule has 2 rings (SSSR count). The van der Waals surface area contributed by atoms with Crippen molar-refractivity contribution in [1.82, 2.24) is 4.31 Å². The molecule has 1 aromatic carbocycles. The van der Waals surface area contributed by atoms with Crippen LogP contribution in [0.15, 0.2) is 27.6 Å². The second-order valence-electron chi connectivity index (χ2n) is 4.19. The van der Waals surface area contributed by atoms with Crippen LogP contribution in [-0.4, -0.2) is 36.4 Å². The number of hydrogen-bond acceptors (Lipinski definition) is 3. The zero-order valence-corrected chi connectivity index (χ0v) is 12.1. The number of carboxylic acids is 1. The fraction of sp³-hybridized carbons (Fsp3) is 0.364. The van der Waals surface area contributed by atoms with E-state index >= 15 is 0 Å². The molecule has 0 saturated carbocycles. The Morgan fingerprint density at radius 1 is 1.47 bits per heavy atom. The van der Waals surface area contributed by atoms with Gasteiger partial charge in [0.1, 0.15) is 11.9 Å². The topological polar surface area (TPSA) is 74.7 Å². The Morgan fingerprint density at radius 3 is 2.74 bits per heavy atom. The molecule has 0 amide bonds. The highest BCUT2D eigenvalue weighted by Gasteiger charge is 2.39. The summed E-state index contributed by atoms with van der Waals surface area (Å²) in [4.78, 5) is 10.8. The number of carboxylic acid groups (broad SMARTS) is 1. The van der Waals surface area contributed by atoms with Crippen molar-refractivity contribution < 1.29 is 22.7 Å². The largest absolute Gasteiger partial charge is 0.480 e. The number of rotatable bonds is 3. The molecule has 5 nitrogen and oxygen atoms in total. The van der Waals surface area contributed by atoms with Crippen molar-refractivity contribution in [3.05, 3.63) is 28.5 Å². The first-order valence-electron chi connectivity index (χ1n) is 5.54. The Balaban J connectivity index is 2.42. The van der Waals surface area contributed by atoms with Gasteiger partial charge in [0.2, 0.25) is 10.0 Å². The fourth-order valence-corrected chi connectivity index (χ4v) is 3.96. The van der Waals surface area contributed by atoms with E-state index in [1.165, 1.54) is 12.1 Å². The van der Waals surface area contributed by atoms with Gasteiger partial charge in [0.15, 0.2) is 0 Å². The predicted octanol–water partition coefficient (Wildman–Crippen LogP) is 1.83. The highest BCUT2D eigenvalue weighted by atomic mass is 79.9. The Bertz CT molecular complexity index is 619. The lowest BCUT2D eigenvalue weighted by molar-refractivity contribution is -0.140. The van der Waals surface area contributed by atoms with Gasteiger partial charge in [0.05, 0.1) is 9.37 Å². The third kappa shape index (κ3) is 2.65. The van der Waals surface area contributed by atoms with Crippen molar-refractivity contribution in [3.8, 4) is 0 Å². The lowest BCUT2D eigenvalue weighted by Crippen LogP contribution is -2.40. The van der Waals surface area contributed by atoms with Gasteiger partial charge in [0, 0.05) is 6.54 Å². The van der Waals surface area contributed by atoms with Gasteiger partial charge >= 0.3 is 5.97 Å². The summed E-state index contributed by atoms with van der Waals surface area (Å²) in [6.45, 7) is 0.136. The van der Waals surface area contributed by atoms with Gasteiger partial charge in [-0.25, -0.2) is 12.8 Å². The van der Waals surface area contributed by atoms with Crippen LogP contribution in [0.3, 0.4) is 0 Å². The molecular formula is C11H11BrFNO4S. The van der Waals surface area contributed by atoms with Crippen LogP contribution < -0.4 is 0 Å². The number of carbonyl (C=O) groups is 1. The molecule has 0 unspecified atom stereocenters. The molecule has 0 radical (unpaired) electrons. The molecule has 1 aliphatic rings. The Hall–Kier alpha value is -0.990. The summed E-state index contributed by atoms with van der Waals surface area (Å²) in [5, 5.41) is 9.00. The molecule has 0 aromatic heterocycles. The lowest BCUT2D eigenvalue weighted by atomic mass is 10.2. The third-order valence-corrected chi connectivity index (χ3v) is 5.53. The normalized spacial score (nSPS) is 20.6. The summed E-state index contributed by atoms with van der Waals surface area (Å²) in [5.41, 5.74) is 0. The van der Waals surface area contributed by atoms with Crippen LogP contribution in [0.4, 0.5) is 4.39 Å². The van der Waals surface area contributed by atoms with Crippen molar-refractivity contribution in [2.45, 2.75) is 23.8 Å². The second-order valence-corrected chi connectivity index (χ2v) is 6.93. The van der Waals surface area contributed by atoms with E-state index in [4.69, 9.17) is 5.11 Å². The zero-order valence-electron chi connectivity index (χ0n) is 9.71. The van der Waals surface area contributed by atoms with E-state index in [1.54, 1.807) is 0 Å². The van der Waals surface area contributed by atoms with Gasteiger partial charge in [-0.3, -0.25) is 4.79 Å². The Labute approximate surface area is 118 Å². The fourth-order valence-electron chi connectivity index (χ4n) is 2.05. The number of aliphatic carboxylic acids is 1. The average molecular weight is 352 g/mol. The van der Waals surface area contributed by atoms with Crippen LogP contribution >= 0.6 is 15.9 Å². The molecule has 1 saturated heterocycles. The maximum absolute atomic E-state index is 13.4. The average Bonchev–Trinajstić information content (AvgIpc) is 2.82. The summed E-state index contributed by atoms with van der Waals surface area (Å²) < 4.78 is 39.1. The molecule has 0 aliphatic carbocycles. The van der Waals surface area contributed by atoms with Crippen LogP contribution in [0.2, 0.25) is 0 Å². The maximum atomic E-state index is 13.4. The van der Waals surface area contributed by atoms with Crippen LogP contribution in [0, 0.1) is 5.82 Å². The summed E-state index contributed by atoms with van der Waals surface area (Å²) in [7, 11) is -3.98. The molecule has 1 aromatic rings. The van der Waals surface area contributed by atoms with Crippen LogP contribution in [-0.2, 0) is 14.8 Å². The molecule has 1 fully saturated rings.